The van der Waals surface area contributed by atoms with E-state index in [0.717, 1.165) is 19.3 Å². The molecule has 2 aromatic rings. The number of halogens is 3. The normalized spacial score (nSPS) is 24.4. The van der Waals surface area contributed by atoms with Crippen LogP contribution < -0.4 is 0 Å². The number of nitrogens with zero attached hydrogens (tertiary/aromatic N) is 3. The quantitative estimate of drug-likeness (QED) is 0.858. The monoisotopic (exact) mass is 395 g/mol. The summed E-state index contributed by atoms with van der Waals surface area (Å²) in [5.74, 6) is -2.94. The third kappa shape index (κ3) is 3.12. The van der Waals surface area contributed by atoms with Crippen LogP contribution in [0.15, 0.2) is 28.8 Å². The average Bonchev–Trinajstić information content (AvgIpc) is 3.35. The summed E-state index contributed by atoms with van der Waals surface area (Å²) in [5.41, 5.74) is 0.512. The highest BCUT2D eigenvalue weighted by Gasteiger charge is 2.49. The highest BCUT2D eigenvalue weighted by molar-refractivity contribution is 5.97. The Hall–Kier alpha value is -2.91. The van der Waals surface area contributed by atoms with Gasteiger partial charge in [-0.3, -0.25) is 4.79 Å². The molecule has 7 nitrogen and oxygen atoms in total. The van der Waals surface area contributed by atoms with Crippen molar-refractivity contribution in [3.05, 3.63) is 35.7 Å². The van der Waals surface area contributed by atoms with Crippen molar-refractivity contribution in [2.75, 3.05) is 6.54 Å². The second kappa shape index (κ2) is 6.61. The SMILES string of the molecule is O=C(O)C1C2CCCC2CN1C(=O)c1ccc(-c2noc(C(F)(F)F)n2)cc1. The van der Waals surface area contributed by atoms with Crippen molar-refractivity contribution in [2.45, 2.75) is 31.5 Å². The Balaban J connectivity index is 1.54. The van der Waals surface area contributed by atoms with E-state index in [1.807, 2.05) is 0 Å². The molecule has 1 aromatic heterocycles. The number of likely N-dealkylation sites (tertiary alicyclic amines) is 1. The van der Waals surface area contributed by atoms with Crippen LogP contribution in [0.5, 0.6) is 0 Å². The molecular weight excluding hydrogens is 379 g/mol. The zero-order valence-corrected chi connectivity index (χ0v) is 14.5. The summed E-state index contributed by atoms with van der Waals surface area (Å²) in [4.78, 5) is 29.2. The van der Waals surface area contributed by atoms with Crippen LogP contribution >= 0.6 is 0 Å². The van der Waals surface area contributed by atoms with Crippen LogP contribution in [0.3, 0.4) is 0 Å². The van der Waals surface area contributed by atoms with E-state index >= 15 is 0 Å². The van der Waals surface area contributed by atoms with Gasteiger partial charge in [0.1, 0.15) is 6.04 Å². The molecule has 148 valence electrons. The van der Waals surface area contributed by atoms with Crippen molar-refractivity contribution in [1.29, 1.82) is 0 Å². The van der Waals surface area contributed by atoms with E-state index < -0.39 is 30.0 Å². The fourth-order valence-electron chi connectivity index (χ4n) is 4.21. The Morgan fingerprint density at radius 2 is 1.89 bits per heavy atom. The molecule has 2 fully saturated rings. The van der Waals surface area contributed by atoms with Crippen molar-refractivity contribution in [3.8, 4) is 11.4 Å². The Morgan fingerprint density at radius 1 is 1.18 bits per heavy atom. The molecule has 28 heavy (non-hydrogen) atoms. The van der Waals surface area contributed by atoms with E-state index in [4.69, 9.17) is 0 Å². The summed E-state index contributed by atoms with van der Waals surface area (Å²) in [6.45, 7) is 0.405. The number of hydrogen-bond acceptors (Lipinski definition) is 5. The molecule has 3 unspecified atom stereocenters. The first-order valence-electron chi connectivity index (χ1n) is 8.81. The van der Waals surface area contributed by atoms with E-state index in [9.17, 15) is 27.9 Å². The second-order valence-corrected chi connectivity index (χ2v) is 7.09. The van der Waals surface area contributed by atoms with Gasteiger partial charge in [-0.05, 0) is 36.8 Å². The molecule has 1 saturated heterocycles. The number of hydrogen-bond donors (Lipinski definition) is 1. The van der Waals surface area contributed by atoms with Crippen LogP contribution in [-0.2, 0) is 11.0 Å². The van der Waals surface area contributed by atoms with Gasteiger partial charge in [0.25, 0.3) is 5.91 Å². The lowest BCUT2D eigenvalue weighted by Crippen LogP contribution is -2.43. The summed E-state index contributed by atoms with van der Waals surface area (Å²) < 4.78 is 41.9. The third-order valence-corrected chi connectivity index (χ3v) is 5.46. The van der Waals surface area contributed by atoms with E-state index in [1.54, 1.807) is 0 Å². The van der Waals surface area contributed by atoms with Crippen LogP contribution in [0.2, 0.25) is 0 Å². The predicted octanol–water partition coefficient (Wildman–Crippen LogP) is 3.08. The molecule has 1 N–H and O–H groups in total. The molecule has 0 bridgehead atoms. The van der Waals surface area contributed by atoms with E-state index in [2.05, 4.69) is 14.7 Å². The molecule has 1 aliphatic heterocycles. The van der Waals surface area contributed by atoms with Gasteiger partial charge in [0.05, 0.1) is 0 Å². The largest absolute Gasteiger partial charge is 0.480 e. The first kappa shape index (κ1) is 18.5. The molecule has 0 radical (unpaired) electrons. The van der Waals surface area contributed by atoms with Crippen LogP contribution in [0, 0.1) is 11.8 Å². The average molecular weight is 395 g/mol. The molecule has 0 spiro atoms. The van der Waals surface area contributed by atoms with E-state index in [-0.39, 0.29) is 28.8 Å². The maximum atomic E-state index is 12.8. The number of rotatable bonds is 3. The zero-order chi connectivity index (χ0) is 20.1. The van der Waals surface area contributed by atoms with Gasteiger partial charge >= 0.3 is 18.0 Å². The maximum Gasteiger partial charge on any atom is 0.471 e. The van der Waals surface area contributed by atoms with Crippen LogP contribution in [0.4, 0.5) is 13.2 Å². The number of carboxylic acids is 1. The fraction of sp³-hybridized carbons (Fsp3) is 0.444. The van der Waals surface area contributed by atoms with Crippen molar-refractivity contribution >= 4 is 11.9 Å². The summed E-state index contributed by atoms with van der Waals surface area (Å²) in [5, 5.41) is 12.9. The number of fused-ring (bicyclic) bond motifs is 1. The third-order valence-electron chi connectivity index (χ3n) is 5.46. The molecule has 3 atom stereocenters. The topological polar surface area (TPSA) is 96.5 Å². The van der Waals surface area contributed by atoms with Crippen molar-refractivity contribution in [3.63, 3.8) is 0 Å². The Bertz CT molecular complexity index is 910. The minimum Gasteiger partial charge on any atom is -0.480 e. The Kier molecular flexibility index (Phi) is 4.35. The Morgan fingerprint density at radius 3 is 2.50 bits per heavy atom. The highest BCUT2D eigenvalue weighted by atomic mass is 19.4. The first-order valence-corrected chi connectivity index (χ1v) is 8.81. The van der Waals surface area contributed by atoms with Crippen LogP contribution in [-0.4, -0.2) is 44.6 Å². The number of aliphatic carboxylic acids is 1. The summed E-state index contributed by atoms with van der Waals surface area (Å²) in [6.07, 6.45) is -2.05. The lowest BCUT2D eigenvalue weighted by Gasteiger charge is -2.24. The molecule has 1 aliphatic carbocycles. The fourth-order valence-corrected chi connectivity index (χ4v) is 4.21. The van der Waals surface area contributed by atoms with Gasteiger partial charge in [-0.25, -0.2) is 4.79 Å². The smallest absolute Gasteiger partial charge is 0.471 e. The lowest BCUT2D eigenvalue weighted by atomic mass is 9.94. The van der Waals surface area contributed by atoms with Gasteiger partial charge in [0.15, 0.2) is 0 Å². The van der Waals surface area contributed by atoms with Gasteiger partial charge in [-0.1, -0.05) is 23.7 Å². The number of carbonyl (C=O) groups is 2. The number of aromatic nitrogens is 2. The van der Waals surface area contributed by atoms with Gasteiger partial charge < -0.3 is 14.5 Å². The molecule has 2 aliphatic rings. The van der Waals surface area contributed by atoms with Crippen molar-refractivity contribution in [1.82, 2.24) is 15.0 Å². The molecule has 4 rings (SSSR count). The number of benzene rings is 1. The molecule has 1 aromatic carbocycles. The molecular formula is C18H16F3N3O4. The van der Waals surface area contributed by atoms with E-state index in [1.165, 1.54) is 29.2 Å². The zero-order valence-electron chi connectivity index (χ0n) is 14.5. The van der Waals surface area contributed by atoms with E-state index in [0.29, 0.717) is 6.54 Å². The molecule has 1 amide bonds. The minimum atomic E-state index is -4.74. The van der Waals surface area contributed by atoms with Gasteiger partial charge in [0.2, 0.25) is 5.82 Å². The molecule has 1 saturated carbocycles. The predicted molar refractivity (Wildman–Crippen MR) is 88.0 cm³/mol. The maximum absolute atomic E-state index is 12.8. The molecule has 10 heteroatoms. The first-order chi connectivity index (χ1) is 13.3. The standard InChI is InChI=1S/C18H16F3N3O4/c19-18(20,21)17-22-14(23-28-17)9-4-6-10(7-5-9)15(25)24-8-11-2-1-3-12(11)13(24)16(26)27/h4-7,11-13H,1-3,8H2,(H,26,27). The van der Waals surface area contributed by atoms with Crippen molar-refractivity contribution < 1.29 is 32.4 Å². The van der Waals surface area contributed by atoms with Crippen molar-refractivity contribution in [2.24, 2.45) is 11.8 Å². The number of amides is 1. The summed E-state index contributed by atoms with van der Waals surface area (Å²) in [7, 11) is 0. The van der Waals surface area contributed by atoms with Gasteiger partial charge in [-0.15, -0.1) is 0 Å². The summed E-state index contributed by atoms with van der Waals surface area (Å²) in [6, 6.07) is 4.82. The van der Waals surface area contributed by atoms with Crippen LogP contribution in [0.25, 0.3) is 11.4 Å². The number of carboxylic acid groups (broad SMARTS) is 1. The van der Waals surface area contributed by atoms with Gasteiger partial charge in [0, 0.05) is 17.7 Å². The molecule has 2 heterocycles. The lowest BCUT2D eigenvalue weighted by molar-refractivity contribution is -0.159. The summed E-state index contributed by atoms with van der Waals surface area (Å²) >= 11 is 0. The second-order valence-electron chi connectivity index (χ2n) is 7.09. The number of carbonyl (C=O) groups excluding carboxylic acids is 1. The Labute approximate surface area is 157 Å². The van der Waals surface area contributed by atoms with Crippen LogP contribution in [0.1, 0.15) is 35.5 Å². The van der Waals surface area contributed by atoms with Gasteiger partial charge in [-0.2, -0.15) is 18.2 Å². The minimum absolute atomic E-state index is 0.0270. The number of alkyl halides is 3. The highest BCUT2D eigenvalue weighted by Crippen LogP contribution is 2.42.